The van der Waals surface area contributed by atoms with Crippen molar-refractivity contribution >= 4 is 11.6 Å². The van der Waals surface area contributed by atoms with Crippen LogP contribution in [0.4, 0.5) is 0 Å². The minimum absolute atomic E-state index is 0.398. The molecule has 1 nitrogen and oxygen atoms in total. The molecule has 1 aromatic carbocycles. The second kappa shape index (κ2) is 6.95. The zero-order valence-corrected chi connectivity index (χ0v) is 13.0. The van der Waals surface area contributed by atoms with Gasteiger partial charge in [0.15, 0.2) is 0 Å². The summed E-state index contributed by atoms with van der Waals surface area (Å²) in [6, 6.07) is 8.99. The first-order chi connectivity index (χ1) is 9.84. The van der Waals surface area contributed by atoms with Gasteiger partial charge in [0.25, 0.3) is 0 Å². The van der Waals surface area contributed by atoms with Gasteiger partial charge >= 0.3 is 0 Å². The van der Waals surface area contributed by atoms with Gasteiger partial charge in [0.1, 0.15) is 0 Å². The van der Waals surface area contributed by atoms with E-state index in [4.69, 9.17) is 11.6 Å². The maximum atomic E-state index is 6.45. The van der Waals surface area contributed by atoms with Gasteiger partial charge in [-0.05, 0) is 61.6 Å². The predicted molar refractivity (Wildman–Crippen MR) is 86.6 cm³/mol. The third kappa shape index (κ3) is 3.38. The highest BCUT2D eigenvalue weighted by Gasteiger charge is 2.24. The molecule has 1 fully saturated rings. The van der Waals surface area contributed by atoms with Crippen molar-refractivity contribution in [3.63, 3.8) is 0 Å². The highest BCUT2D eigenvalue weighted by Crippen LogP contribution is 2.31. The third-order valence-electron chi connectivity index (χ3n) is 5.11. The summed E-state index contributed by atoms with van der Waals surface area (Å²) in [6.07, 6.45) is 9.13. The summed E-state index contributed by atoms with van der Waals surface area (Å²) in [5, 5.41) is 4.11. The van der Waals surface area contributed by atoms with Crippen LogP contribution in [0, 0.1) is 5.92 Å². The van der Waals surface area contributed by atoms with Gasteiger partial charge in [-0.15, -0.1) is 11.6 Å². The average Bonchev–Trinajstić information content (AvgIpc) is 2.49. The fourth-order valence-corrected chi connectivity index (χ4v) is 4.27. The van der Waals surface area contributed by atoms with E-state index in [1.165, 1.54) is 44.9 Å². The van der Waals surface area contributed by atoms with E-state index in [0.717, 1.165) is 13.1 Å². The van der Waals surface area contributed by atoms with Gasteiger partial charge in [0.05, 0.1) is 0 Å². The lowest BCUT2D eigenvalue weighted by Crippen LogP contribution is -2.34. The monoisotopic (exact) mass is 291 g/mol. The summed E-state index contributed by atoms with van der Waals surface area (Å²) in [7, 11) is 0. The molecule has 0 heterocycles. The SMILES string of the molecule is ClC1CCCCC1CNCC1CCCc2ccccc21. The van der Waals surface area contributed by atoms with Crippen LogP contribution in [0.3, 0.4) is 0 Å². The lowest BCUT2D eigenvalue weighted by molar-refractivity contribution is 0.343. The molecule has 0 amide bonds. The maximum Gasteiger partial charge on any atom is 0.0376 e. The molecule has 0 spiro atoms. The fourth-order valence-electron chi connectivity index (χ4n) is 3.90. The van der Waals surface area contributed by atoms with Gasteiger partial charge in [-0.1, -0.05) is 37.1 Å². The Kier molecular flexibility index (Phi) is 5.01. The van der Waals surface area contributed by atoms with Gasteiger partial charge in [0.2, 0.25) is 0 Å². The van der Waals surface area contributed by atoms with Crippen LogP contribution < -0.4 is 5.32 Å². The molecule has 0 aromatic heterocycles. The number of nitrogens with one attached hydrogen (secondary N) is 1. The summed E-state index contributed by atoms with van der Waals surface area (Å²) >= 11 is 6.45. The highest BCUT2D eigenvalue weighted by atomic mass is 35.5. The van der Waals surface area contributed by atoms with Crippen LogP contribution >= 0.6 is 11.6 Å². The molecule has 2 aliphatic carbocycles. The maximum absolute atomic E-state index is 6.45. The zero-order valence-electron chi connectivity index (χ0n) is 12.3. The van der Waals surface area contributed by atoms with Gasteiger partial charge < -0.3 is 5.32 Å². The van der Waals surface area contributed by atoms with Crippen molar-refractivity contribution in [2.75, 3.05) is 13.1 Å². The molecule has 3 unspecified atom stereocenters. The van der Waals surface area contributed by atoms with E-state index >= 15 is 0 Å². The van der Waals surface area contributed by atoms with Crippen molar-refractivity contribution < 1.29 is 0 Å². The number of hydrogen-bond acceptors (Lipinski definition) is 1. The van der Waals surface area contributed by atoms with Crippen molar-refractivity contribution in [3.8, 4) is 0 Å². The van der Waals surface area contributed by atoms with Gasteiger partial charge in [0, 0.05) is 11.9 Å². The smallest absolute Gasteiger partial charge is 0.0376 e. The summed E-state index contributed by atoms with van der Waals surface area (Å²) < 4.78 is 0. The molecule has 2 heteroatoms. The Balaban J connectivity index is 1.52. The van der Waals surface area contributed by atoms with E-state index in [9.17, 15) is 0 Å². The second-order valence-electron chi connectivity index (χ2n) is 6.51. The van der Waals surface area contributed by atoms with Gasteiger partial charge in [-0.2, -0.15) is 0 Å². The Bertz CT molecular complexity index is 431. The molecule has 1 aromatic rings. The highest BCUT2D eigenvalue weighted by molar-refractivity contribution is 6.20. The van der Waals surface area contributed by atoms with Crippen LogP contribution in [0.2, 0.25) is 0 Å². The normalized spacial score (nSPS) is 29.9. The number of halogens is 1. The minimum Gasteiger partial charge on any atom is -0.316 e. The summed E-state index contributed by atoms with van der Waals surface area (Å²) in [5.74, 6) is 1.39. The molecule has 0 saturated heterocycles. The number of fused-ring (bicyclic) bond motifs is 1. The standard InChI is InChI=1S/C18H26ClN/c19-18-11-4-2-7-16(18)13-20-12-15-9-5-8-14-6-1-3-10-17(14)15/h1,3,6,10,15-16,18,20H,2,4-5,7-9,11-13H2. The van der Waals surface area contributed by atoms with E-state index in [-0.39, 0.29) is 0 Å². The first kappa shape index (κ1) is 14.4. The van der Waals surface area contributed by atoms with Crippen molar-refractivity contribution in [1.82, 2.24) is 5.32 Å². The van der Waals surface area contributed by atoms with Gasteiger partial charge in [-0.3, -0.25) is 0 Å². The molecule has 0 bridgehead atoms. The van der Waals surface area contributed by atoms with Crippen LogP contribution in [0.5, 0.6) is 0 Å². The first-order valence-electron chi connectivity index (χ1n) is 8.27. The third-order valence-corrected chi connectivity index (χ3v) is 5.68. The van der Waals surface area contributed by atoms with E-state index in [2.05, 4.69) is 29.6 Å². The fraction of sp³-hybridized carbons (Fsp3) is 0.667. The van der Waals surface area contributed by atoms with Crippen LogP contribution in [-0.4, -0.2) is 18.5 Å². The number of rotatable bonds is 4. The topological polar surface area (TPSA) is 12.0 Å². The molecule has 0 aliphatic heterocycles. The predicted octanol–water partition coefficient (Wildman–Crippen LogP) is 4.49. The minimum atomic E-state index is 0.398. The van der Waals surface area contributed by atoms with E-state index in [0.29, 0.717) is 17.2 Å². The Morgan fingerprint density at radius 2 is 1.85 bits per heavy atom. The molecular formula is C18H26ClN. The van der Waals surface area contributed by atoms with E-state index in [1.807, 2.05) is 0 Å². The molecule has 110 valence electrons. The molecule has 3 atom stereocenters. The molecule has 3 rings (SSSR count). The quantitative estimate of drug-likeness (QED) is 0.806. The largest absolute Gasteiger partial charge is 0.316 e. The Labute approximate surface area is 128 Å². The van der Waals surface area contributed by atoms with Gasteiger partial charge in [-0.25, -0.2) is 0 Å². The Morgan fingerprint density at radius 3 is 2.75 bits per heavy atom. The molecule has 1 saturated carbocycles. The molecule has 1 N–H and O–H groups in total. The van der Waals surface area contributed by atoms with Crippen LogP contribution in [0.15, 0.2) is 24.3 Å². The number of aryl methyl sites for hydroxylation is 1. The van der Waals surface area contributed by atoms with Crippen LogP contribution in [0.1, 0.15) is 55.6 Å². The second-order valence-corrected chi connectivity index (χ2v) is 7.07. The molecule has 20 heavy (non-hydrogen) atoms. The van der Waals surface area contributed by atoms with Crippen molar-refractivity contribution in [2.24, 2.45) is 5.92 Å². The summed E-state index contributed by atoms with van der Waals surface area (Å²) in [6.45, 7) is 2.23. The van der Waals surface area contributed by atoms with E-state index in [1.54, 1.807) is 11.1 Å². The Hall–Kier alpha value is -0.530. The van der Waals surface area contributed by atoms with E-state index < -0.39 is 0 Å². The number of hydrogen-bond donors (Lipinski definition) is 1. The zero-order chi connectivity index (χ0) is 13.8. The number of alkyl halides is 1. The van der Waals surface area contributed by atoms with Crippen molar-refractivity contribution in [2.45, 2.75) is 56.2 Å². The van der Waals surface area contributed by atoms with Crippen molar-refractivity contribution in [1.29, 1.82) is 0 Å². The summed E-state index contributed by atoms with van der Waals surface area (Å²) in [5.41, 5.74) is 3.15. The average molecular weight is 292 g/mol. The number of benzene rings is 1. The molecule has 2 aliphatic rings. The van der Waals surface area contributed by atoms with Crippen LogP contribution in [-0.2, 0) is 6.42 Å². The molecule has 0 radical (unpaired) electrons. The summed E-state index contributed by atoms with van der Waals surface area (Å²) in [4.78, 5) is 0. The lowest BCUT2D eigenvalue weighted by Gasteiger charge is -2.29. The van der Waals surface area contributed by atoms with Crippen molar-refractivity contribution in [3.05, 3.63) is 35.4 Å². The molecular weight excluding hydrogens is 266 g/mol. The Morgan fingerprint density at radius 1 is 1.00 bits per heavy atom. The van der Waals surface area contributed by atoms with Crippen LogP contribution in [0.25, 0.3) is 0 Å². The first-order valence-corrected chi connectivity index (χ1v) is 8.71. The lowest BCUT2D eigenvalue weighted by atomic mass is 9.82.